The lowest BCUT2D eigenvalue weighted by molar-refractivity contribution is -0.128. The Balaban J connectivity index is 1.32. The number of carbonyl (C=O) groups is 3. The maximum atomic E-state index is 12.7. The Kier molecular flexibility index (Phi) is 6.08. The molecule has 1 aliphatic carbocycles. The number of fused-ring (bicyclic) bond motifs is 1. The number of urea groups is 1. The van der Waals surface area contributed by atoms with Gasteiger partial charge in [0.05, 0.1) is 26.5 Å². The second-order valence-corrected chi connectivity index (χ2v) is 8.53. The summed E-state index contributed by atoms with van der Waals surface area (Å²) in [4.78, 5) is 44.1. The van der Waals surface area contributed by atoms with Crippen molar-refractivity contribution in [3.05, 3.63) is 34.3 Å². The minimum Gasteiger partial charge on any atom is -0.493 e. The van der Waals surface area contributed by atoms with Gasteiger partial charge in [-0.05, 0) is 43.4 Å². The number of anilines is 1. The molecule has 9 nitrogen and oxygen atoms in total. The lowest BCUT2D eigenvalue weighted by Crippen LogP contribution is -2.31. The molecule has 2 aromatic rings. The second kappa shape index (κ2) is 8.93. The van der Waals surface area contributed by atoms with Gasteiger partial charge in [0, 0.05) is 11.3 Å². The van der Waals surface area contributed by atoms with E-state index in [1.807, 2.05) is 0 Å². The average molecular weight is 445 g/mol. The molecular weight excluding hydrogens is 420 g/mol. The molecule has 1 saturated heterocycles. The number of carbonyl (C=O) groups excluding carboxylic acids is 3. The molecule has 1 atom stereocenters. The van der Waals surface area contributed by atoms with Crippen LogP contribution in [-0.2, 0) is 29.0 Å². The molecular formula is C21H24N4O5S. The number of thiazole rings is 1. The van der Waals surface area contributed by atoms with Crippen LogP contribution in [0.4, 0.5) is 9.93 Å². The summed E-state index contributed by atoms with van der Waals surface area (Å²) in [5.74, 6) is 0.528. The third kappa shape index (κ3) is 4.48. The number of benzene rings is 1. The highest BCUT2D eigenvalue weighted by Gasteiger charge is 2.38. The van der Waals surface area contributed by atoms with Crippen molar-refractivity contribution in [3.8, 4) is 11.5 Å². The van der Waals surface area contributed by atoms with E-state index in [9.17, 15) is 14.4 Å². The predicted molar refractivity (Wildman–Crippen MR) is 114 cm³/mol. The SMILES string of the molecule is COc1ccc(CN2C(=O)N[C@@H](CCC(=O)Nc3nc4c(s3)CCC4)C2=O)cc1OC. The van der Waals surface area contributed by atoms with E-state index in [4.69, 9.17) is 9.47 Å². The maximum Gasteiger partial charge on any atom is 0.325 e. The van der Waals surface area contributed by atoms with E-state index >= 15 is 0 Å². The molecule has 4 amide bonds. The Morgan fingerprint density at radius 3 is 2.81 bits per heavy atom. The molecule has 2 N–H and O–H groups in total. The minimum absolute atomic E-state index is 0.110. The number of aryl methyl sites for hydroxylation is 2. The number of aromatic nitrogens is 1. The van der Waals surface area contributed by atoms with Gasteiger partial charge in [-0.3, -0.25) is 14.5 Å². The van der Waals surface area contributed by atoms with Gasteiger partial charge in [-0.25, -0.2) is 9.78 Å². The summed E-state index contributed by atoms with van der Waals surface area (Å²) in [6.45, 7) is 0.110. The number of nitrogens with one attached hydrogen (secondary N) is 2. The first kappa shape index (κ1) is 21.1. The normalized spacial score (nSPS) is 17.5. The van der Waals surface area contributed by atoms with Crippen LogP contribution < -0.4 is 20.1 Å². The maximum absolute atomic E-state index is 12.7. The van der Waals surface area contributed by atoms with Gasteiger partial charge in [0.2, 0.25) is 5.91 Å². The Hall–Kier alpha value is -3.14. The highest BCUT2D eigenvalue weighted by Crippen LogP contribution is 2.31. The fraction of sp³-hybridized carbons (Fsp3) is 0.429. The number of ether oxygens (including phenoxy) is 2. The summed E-state index contributed by atoms with van der Waals surface area (Å²) in [5.41, 5.74) is 1.81. The topological polar surface area (TPSA) is 110 Å². The average Bonchev–Trinajstić information content (AvgIpc) is 3.42. The molecule has 2 heterocycles. The number of methoxy groups -OCH3 is 2. The fourth-order valence-electron chi connectivity index (χ4n) is 3.78. The third-order valence-corrected chi connectivity index (χ3v) is 6.47. The largest absolute Gasteiger partial charge is 0.493 e. The summed E-state index contributed by atoms with van der Waals surface area (Å²) in [6, 6.07) is 4.03. The van der Waals surface area contributed by atoms with E-state index in [-0.39, 0.29) is 31.2 Å². The van der Waals surface area contributed by atoms with Crippen molar-refractivity contribution in [2.45, 2.75) is 44.7 Å². The quantitative estimate of drug-likeness (QED) is 0.606. The lowest BCUT2D eigenvalue weighted by atomic mass is 10.1. The number of hydrogen-bond donors (Lipinski definition) is 2. The van der Waals surface area contributed by atoms with Gasteiger partial charge in [-0.15, -0.1) is 11.3 Å². The van der Waals surface area contributed by atoms with Crippen molar-refractivity contribution in [3.63, 3.8) is 0 Å². The molecule has 1 aliphatic heterocycles. The Bertz CT molecular complexity index is 1000. The molecule has 10 heteroatoms. The number of imide groups is 1. The monoisotopic (exact) mass is 444 g/mol. The molecule has 31 heavy (non-hydrogen) atoms. The molecule has 0 bridgehead atoms. The molecule has 1 fully saturated rings. The highest BCUT2D eigenvalue weighted by atomic mass is 32.1. The summed E-state index contributed by atoms with van der Waals surface area (Å²) >= 11 is 1.51. The van der Waals surface area contributed by atoms with Crippen LogP contribution in [0.5, 0.6) is 11.5 Å². The van der Waals surface area contributed by atoms with Crippen LogP contribution in [-0.4, -0.2) is 48.0 Å². The molecule has 0 spiro atoms. The standard InChI is InChI=1S/C21H24N4O5S/c1-29-15-8-6-12(10-16(15)30-2)11-25-19(27)14(23-21(25)28)7-9-18(26)24-20-22-13-4-3-5-17(13)31-20/h6,8,10,14H,3-5,7,9,11H2,1-2H3,(H,23,28)(H,22,24,26)/t14-/m0/s1. The summed E-state index contributed by atoms with van der Waals surface area (Å²) in [6.07, 6.45) is 3.43. The first-order valence-electron chi connectivity index (χ1n) is 10.1. The van der Waals surface area contributed by atoms with Crippen LogP contribution in [0.15, 0.2) is 18.2 Å². The molecule has 4 rings (SSSR count). The van der Waals surface area contributed by atoms with Crippen LogP contribution in [0, 0.1) is 0 Å². The molecule has 0 unspecified atom stereocenters. The van der Waals surface area contributed by atoms with Gasteiger partial charge in [0.15, 0.2) is 16.6 Å². The van der Waals surface area contributed by atoms with E-state index in [2.05, 4.69) is 15.6 Å². The summed E-state index contributed by atoms with van der Waals surface area (Å²) in [7, 11) is 3.06. The molecule has 2 aliphatic rings. The molecule has 0 radical (unpaired) electrons. The van der Waals surface area contributed by atoms with Gasteiger partial charge < -0.3 is 20.1 Å². The van der Waals surface area contributed by atoms with Crippen LogP contribution in [0.3, 0.4) is 0 Å². The van der Waals surface area contributed by atoms with Crippen LogP contribution in [0.25, 0.3) is 0 Å². The zero-order chi connectivity index (χ0) is 22.0. The van der Waals surface area contributed by atoms with Gasteiger partial charge in [0.1, 0.15) is 6.04 Å². The van der Waals surface area contributed by atoms with E-state index in [1.165, 1.54) is 30.4 Å². The van der Waals surface area contributed by atoms with E-state index < -0.39 is 12.1 Å². The lowest BCUT2D eigenvalue weighted by Gasteiger charge is -2.15. The Morgan fingerprint density at radius 1 is 1.26 bits per heavy atom. The molecule has 1 aromatic heterocycles. The van der Waals surface area contributed by atoms with Crippen molar-refractivity contribution < 1.29 is 23.9 Å². The van der Waals surface area contributed by atoms with Crippen molar-refractivity contribution in [2.75, 3.05) is 19.5 Å². The van der Waals surface area contributed by atoms with Crippen LogP contribution >= 0.6 is 11.3 Å². The Morgan fingerprint density at radius 2 is 2.06 bits per heavy atom. The molecule has 0 saturated carbocycles. The minimum atomic E-state index is -0.723. The summed E-state index contributed by atoms with van der Waals surface area (Å²) in [5, 5.41) is 6.07. The van der Waals surface area contributed by atoms with Crippen molar-refractivity contribution >= 4 is 34.3 Å². The molecule has 1 aromatic carbocycles. The second-order valence-electron chi connectivity index (χ2n) is 7.45. The number of amides is 4. The number of nitrogens with zero attached hydrogens (tertiary/aromatic N) is 2. The summed E-state index contributed by atoms with van der Waals surface area (Å²) < 4.78 is 10.5. The van der Waals surface area contributed by atoms with Crippen LogP contribution in [0.1, 0.15) is 35.4 Å². The van der Waals surface area contributed by atoms with Gasteiger partial charge in [-0.1, -0.05) is 6.07 Å². The highest BCUT2D eigenvalue weighted by molar-refractivity contribution is 7.15. The van der Waals surface area contributed by atoms with E-state index in [0.717, 1.165) is 35.4 Å². The first-order chi connectivity index (χ1) is 15.0. The fourth-order valence-corrected chi connectivity index (χ4v) is 4.85. The van der Waals surface area contributed by atoms with Crippen molar-refractivity contribution in [1.29, 1.82) is 0 Å². The number of hydrogen-bond acceptors (Lipinski definition) is 7. The van der Waals surface area contributed by atoms with E-state index in [1.54, 1.807) is 18.2 Å². The Labute approximate surface area is 183 Å². The van der Waals surface area contributed by atoms with Gasteiger partial charge >= 0.3 is 6.03 Å². The van der Waals surface area contributed by atoms with Gasteiger partial charge in [0.25, 0.3) is 5.91 Å². The molecule has 164 valence electrons. The van der Waals surface area contributed by atoms with Crippen molar-refractivity contribution in [1.82, 2.24) is 15.2 Å². The predicted octanol–water partition coefficient (Wildman–Crippen LogP) is 2.49. The zero-order valence-corrected chi connectivity index (χ0v) is 18.2. The van der Waals surface area contributed by atoms with Crippen LogP contribution in [0.2, 0.25) is 0 Å². The van der Waals surface area contributed by atoms with E-state index in [0.29, 0.717) is 16.6 Å². The van der Waals surface area contributed by atoms with Gasteiger partial charge in [-0.2, -0.15) is 0 Å². The number of rotatable bonds is 8. The smallest absolute Gasteiger partial charge is 0.325 e. The van der Waals surface area contributed by atoms with Crippen molar-refractivity contribution in [2.24, 2.45) is 0 Å². The zero-order valence-electron chi connectivity index (χ0n) is 17.4. The third-order valence-electron chi connectivity index (χ3n) is 5.40. The first-order valence-corrected chi connectivity index (χ1v) is 10.9.